The first-order valence-electron chi connectivity index (χ1n) is 8.65. The lowest BCUT2D eigenvalue weighted by Crippen LogP contribution is -2.40. The molecule has 1 fully saturated rings. The number of aliphatic hydroxyl groups is 1. The maximum absolute atomic E-state index is 12.4. The summed E-state index contributed by atoms with van der Waals surface area (Å²) in [5, 5.41) is 12.4. The average Bonchev–Trinajstić information content (AvgIpc) is 2.61. The Kier molecular flexibility index (Phi) is 7.95. The molecule has 2 N–H and O–H groups in total. The van der Waals surface area contributed by atoms with E-state index in [2.05, 4.69) is 10.2 Å². The molecule has 132 valence electrons. The van der Waals surface area contributed by atoms with E-state index in [9.17, 15) is 4.79 Å². The fourth-order valence-corrected chi connectivity index (χ4v) is 2.64. The van der Waals surface area contributed by atoms with Crippen LogP contribution in [0.5, 0.6) is 0 Å². The Morgan fingerprint density at radius 3 is 2.67 bits per heavy atom. The van der Waals surface area contributed by atoms with Crippen molar-refractivity contribution in [3.63, 3.8) is 0 Å². The third kappa shape index (κ3) is 6.43. The summed E-state index contributed by atoms with van der Waals surface area (Å²) < 4.78 is 5.34. The summed E-state index contributed by atoms with van der Waals surface area (Å²) in [4.78, 5) is 14.7. The number of ether oxygens (including phenoxy) is 1. The lowest BCUT2D eigenvalue weighted by molar-refractivity contribution is 0.0387. The van der Waals surface area contributed by atoms with Gasteiger partial charge in [-0.3, -0.25) is 9.69 Å². The minimum atomic E-state index is 0.00168. The van der Waals surface area contributed by atoms with Gasteiger partial charge < -0.3 is 15.2 Å². The van der Waals surface area contributed by atoms with E-state index in [0.29, 0.717) is 18.4 Å². The molecule has 0 saturated carbocycles. The number of rotatable bonds is 9. The zero-order valence-electron chi connectivity index (χ0n) is 14.5. The van der Waals surface area contributed by atoms with Crippen LogP contribution in [-0.4, -0.2) is 61.8 Å². The molecule has 5 heteroatoms. The number of morpholine rings is 1. The molecule has 0 aliphatic carbocycles. The van der Waals surface area contributed by atoms with Crippen LogP contribution in [0.25, 0.3) is 0 Å². The molecule has 1 aromatic rings. The lowest BCUT2D eigenvalue weighted by atomic mass is 10.1. The van der Waals surface area contributed by atoms with Crippen molar-refractivity contribution >= 4 is 5.78 Å². The summed E-state index contributed by atoms with van der Waals surface area (Å²) in [5.74, 6) is 0.00168. The number of nitrogens with one attached hydrogen (secondary N) is 1. The van der Waals surface area contributed by atoms with Crippen molar-refractivity contribution in [2.75, 3.05) is 46.0 Å². The molecule has 0 spiro atoms. The minimum absolute atomic E-state index is 0.00168. The minimum Gasteiger partial charge on any atom is -0.396 e. The molecule has 0 amide bonds. The summed E-state index contributed by atoms with van der Waals surface area (Å²) in [6, 6.07) is 7.60. The van der Waals surface area contributed by atoms with Crippen LogP contribution in [0.4, 0.5) is 0 Å². The summed E-state index contributed by atoms with van der Waals surface area (Å²) in [6.07, 6.45) is 2.99. The fourth-order valence-electron chi connectivity index (χ4n) is 2.64. The number of ketones is 1. The van der Waals surface area contributed by atoms with Crippen LogP contribution in [0, 0.1) is 6.92 Å². The molecule has 1 aromatic carbocycles. The van der Waals surface area contributed by atoms with Crippen molar-refractivity contribution in [2.24, 2.45) is 0 Å². The van der Waals surface area contributed by atoms with E-state index in [1.165, 1.54) is 0 Å². The number of hydrogen-bond acceptors (Lipinski definition) is 5. The molecule has 0 unspecified atom stereocenters. The molecule has 1 heterocycles. The highest BCUT2D eigenvalue weighted by molar-refractivity contribution is 6.04. The smallest absolute Gasteiger partial charge is 0.187 e. The Morgan fingerprint density at radius 2 is 2.00 bits per heavy atom. The van der Waals surface area contributed by atoms with Gasteiger partial charge in [-0.05, 0) is 19.8 Å². The Hall–Kier alpha value is -1.69. The number of carbonyl (C=O) groups is 1. The van der Waals surface area contributed by atoms with Crippen molar-refractivity contribution in [2.45, 2.75) is 19.8 Å². The third-order valence-electron chi connectivity index (χ3n) is 4.13. The summed E-state index contributed by atoms with van der Waals surface area (Å²) in [5.41, 5.74) is 2.72. The van der Waals surface area contributed by atoms with Crippen molar-refractivity contribution in [1.29, 1.82) is 0 Å². The number of nitrogens with zero attached hydrogens (tertiary/aromatic N) is 1. The predicted octanol–water partition coefficient (Wildman–Crippen LogP) is 1.76. The van der Waals surface area contributed by atoms with Crippen molar-refractivity contribution in [1.82, 2.24) is 10.2 Å². The number of allylic oxidation sites excluding steroid dienone is 2. The molecule has 5 nitrogen and oxygen atoms in total. The van der Waals surface area contributed by atoms with Crippen molar-refractivity contribution < 1.29 is 14.6 Å². The highest BCUT2D eigenvalue weighted by Crippen LogP contribution is 2.08. The number of aryl methyl sites for hydroxylation is 1. The van der Waals surface area contributed by atoms with Gasteiger partial charge in [-0.2, -0.15) is 0 Å². The number of hydrogen-bond donors (Lipinski definition) is 2. The molecule has 1 aliphatic rings. The van der Waals surface area contributed by atoms with Crippen LogP contribution >= 0.6 is 0 Å². The van der Waals surface area contributed by atoms with E-state index in [-0.39, 0.29) is 12.4 Å². The second-order valence-corrected chi connectivity index (χ2v) is 6.11. The van der Waals surface area contributed by atoms with Crippen LogP contribution in [-0.2, 0) is 4.74 Å². The largest absolute Gasteiger partial charge is 0.396 e. The van der Waals surface area contributed by atoms with Crippen LogP contribution in [0.15, 0.2) is 36.0 Å². The standard InChI is InChI=1S/C19H28N2O3/c1-16-4-6-17(7-5-16)19(23)15-18(3-2-12-22)20-8-9-21-10-13-24-14-11-21/h4-7,15,20,22H,2-3,8-14H2,1H3/b18-15+. The van der Waals surface area contributed by atoms with E-state index in [1.807, 2.05) is 31.2 Å². The Balaban J connectivity index is 1.90. The zero-order chi connectivity index (χ0) is 17.2. The first kappa shape index (κ1) is 18.6. The second-order valence-electron chi connectivity index (χ2n) is 6.11. The molecule has 0 bridgehead atoms. The molecule has 0 atom stereocenters. The van der Waals surface area contributed by atoms with E-state index in [1.54, 1.807) is 6.08 Å². The van der Waals surface area contributed by atoms with E-state index in [0.717, 1.165) is 50.7 Å². The Labute approximate surface area is 144 Å². The van der Waals surface area contributed by atoms with E-state index in [4.69, 9.17) is 9.84 Å². The van der Waals surface area contributed by atoms with Gasteiger partial charge in [0.15, 0.2) is 5.78 Å². The maximum atomic E-state index is 12.4. The van der Waals surface area contributed by atoms with Gasteiger partial charge in [0.25, 0.3) is 0 Å². The van der Waals surface area contributed by atoms with Gasteiger partial charge in [0.1, 0.15) is 0 Å². The number of aliphatic hydroxyl groups excluding tert-OH is 1. The maximum Gasteiger partial charge on any atom is 0.187 e. The van der Waals surface area contributed by atoms with Crippen molar-refractivity contribution in [3.8, 4) is 0 Å². The highest BCUT2D eigenvalue weighted by atomic mass is 16.5. The van der Waals surface area contributed by atoms with Gasteiger partial charge in [-0.1, -0.05) is 29.8 Å². The summed E-state index contributed by atoms with van der Waals surface area (Å²) in [6.45, 7) is 7.35. The molecular formula is C19H28N2O3. The summed E-state index contributed by atoms with van der Waals surface area (Å²) >= 11 is 0. The molecule has 24 heavy (non-hydrogen) atoms. The summed E-state index contributed by atoms with van der Waals surface area (Å²) in [7, 11) is 0. The van der Waals surface area contributed by atoms with Gasteiger partial charge >= 0.3 is 0 Å². The lowest BCUT2D eigenvalue weighted by Gasteiger charge is -2.26. The zero-order valence-corrected chi connectivity index (χ0v) is 14.5. The quantitative estimate of drug-likeness (QED) is 0.533. The molecular weight excluding hydrogens is 304 g/mol. The molecule has 2 rings (SSSR count). The highest BCUT2D eigenvalue weighted by Gasteiger charge is 2.10. The normalized spacial score (nSPS) is 16.2. The molecule has 1 saturated heterocycles. The first-order valence-corrected chi connectivity index (χ1v) is 8.65. The predicted molar refractivity (Wildman–Crippen MR) is 95.2 cm³/mol. The van der Waals surface area contributed by atoms with Crippen molar-refractivity contribution in [3.05, 3.63) is 47.2 Å². The second kappa shape index (κ2) is 10.2. The van der Waals surface area contributed by atoms with Crippen LogP contribution < -0.4 is 5.32 Å². The topological polar surface area (TPSA) is 61.8 Å². The van der Waals surface area contributed by atoms with Gasteiger partial charge in [0, 0.05) is 50.1 Å². The average molecular weight is 332 g/mol. The molecule has 0 aromatic heterocycles. The molecule has 1 aliphatic heterocycles. The number of benzene rings is 1. The Bertz CT molecular complexity index is 534. The number of carbonyl (C=O) groups excluding carboxylic acids is 1. The van der Waals surface area contributed by atoms with Gasteiger partial charge in [-0.15, -0.1) is 0 Å². The van der Waals surface area contributed by atoms with E-state index < -0.39 is 0 Å². The van der Waals surface area contributed by atoms with Gasteiger partial charge in [0.05, 0.1) is 13.2 Å². The fraction of sp³-hybridized carbons (Fsp3) is 0.526. The first-order chi connectivity index (χ1) is 11.7. The van der Waals surface area contributed by atoms with Crippen LogP contribution in [0.1, 0.15) is 28.8 Å². The Morgan fingerprint density at radius 1 is 1.29 bits per heavy atom. The SMILES string of the molecule is Cc1ccc(C(=O)/C=C(\CCCO)NCCN2CCOCC2)cc1. The monoisotopic (exact) mass is 332 g/mol. The van der Waals surface area contributed by atoms with Gasteiger partial charge in [0.2, 0.25) is 0 Å². The van der Waals surface area contributed by atoms with Gasteiger partial charge in [-0.25, -0.2) is 0 Å². The van der Waals surface area contributed by atoms with Crippen LogP contribution in [0.2, 0.25) is 0 Å². The third-order valence-corrected chi connectivity index (χ3v) is 4.13. The van der Waals surface area contributed by atoms with E-state index >= 15 is 0 Å². The molecule has 0 radical (unpaired) electrons. The van der Waals surface area contributed by atoms with Crippen LogP contribution in [0.3, 0.4) is 0 Å².